The smallest absolute Gasteiger partial charge is 0.251 e. The van der Waals surface area contributed by atoms with E-state index in [1.165, 1.54) is 0 Å². The van der Waals surface area contributed by atoms with Crippen molar-refractivity contribution in [2.24, 2.45) is 5.41 Å². The number of anilines is 1. The van der Waals surface area contributed by atoms with Crippen molar-refractivity contribution < 1.29 is 9.59 Å². The third-order valence-electron chi connectivity index (χ3n) is 2.73. The van der Waals surface area contributed by atoms with E-state index in [2.05, 4.69) is 16.0 Å². The molecule has 22 heavy (non-hydrogen) atoms. The second-order valence-corrected chi connectivity index (χ2v) is 6.77. The largest absolute Gasteiger partial charge is 0.350 e. The van der Waals surface area contributed by atoms with E-state index in [0.29, 0.717) is 11.3 Å². The topological polar surface area (TPSA) is 70.2 Å². The average Bonchev–Trinajstić information content (AvgIpc) is 2.37. The second-order valence-electron chi connectivity index (χ2n) is 6.36. The molecule has 0 bridgehead atoms. The summed E-state index contributed by atoms with van der Waals surface area (Å²) < 4.78 is 0. The molecule has 5 nitrogen and oxygen atoms in total. The molecule has 6 heteroatoms. The summed E-state index contributed by atoms with van der Waals surface area (Å²) in [5.41, 5.74) is 0.772. The van der Waals surface area contributed by atoms with Crippen LogP contribution in [0.4, 0.5) is 5.69 Å². The summed E-state index contributed by atoms with van der Waals surface area (Å²) >= 11 is 5.10. The average molecular weight is 321 g/mol. The van der Waals surface area contributed by atoms with Crippen LogP contribution in [0.2, 0.25) is 0 Å². The van der Waals surface area contributed by atoms with Gasteiger partial charge in [0.2, 0.25) is 5.91 Å². The summed E-state index contributed by atoms with van der Waals surface area (Å²) in [4.78, 5) is 23.6. The normalized spacial score (nSPS) is 11.0. The van der Waals surface area contributed by atoms with Crippen LogP contribution >= 0.6 is 12.2 Å². The van der Waals surface area contributed by atoms with Gasteiger partial charge in [-0.3, -0.25) is 9.59 Å². The number of thiocarbonyl (C=S) groups is 1. The molecule has 0 unspecified atom stereocenters. The number of rotatable bonds is 3. The first kappa shape index (κ1) is 18.1. The predicted octanol–water partition coefficient (Wildman–Crippen LogP) is 2.68. The SMILES string of the molecule is CC(C)NC(=O)c1ccc(NC(=S)NC(=O)C(C)(C)C)cc1. The van der Waals surface area contributed by atoms with Crippen molar-refractivity contribution >= 4 is 34.8 Å². The van der Waals surface area contributed by atoms with Crippen molar-refractivity contribution in [3.8, 4) is 0 Å². The Labute approximate surface area is 136 Å². The fraction of sp³-hybridized carbons (Fsp3) is 0.438. The van der Waals surface area contributed by atoms with Gasteiger partial charge in [-0.1, -0.05) is 20.8 Å². The van der Waals surface area contributed by atoms with Crippen LogP contribution in [-0.2, 0) is 4.79 Å². The van der Waals surface area contributed by atoms with E-state index in [4.69, 9.17) is 12.2 Å². The van der Waals surface area contributed by atoms with Gasteiger partial charge in [-0.2, -0.15) is 0 Å². The van der Waals surface area contributed by atoms with Gasteiger partial charge in [0, 0.05) is 22.7 Å². The highest BCUT2D eigenvalue weighted by molar-refractivity contribution is 7.80. The molecule has 0 saturated heterocycles. The Morgan fingerprint density at radius 1 is 1.09 bits per heavy atom. The molecule has 0 radical (unpaired) electrons. The molecule has 1 rings (SSSR count). The first-order valence-corrected chi connectivity index (χ1v) is 7.54. The number of carbonyl (C=O) groups excluding carboxylic acids is 2. The van der Waals surface area contributed by atoms with Gasteiger partial charge in [0.15, 0.2) is 5.11 Å². The van der Waals surface area contributed by atoms with Gasteiger partial charge < -0.3 is 16.0 Å². The lowest BCUT2D eigenvalue weighted by molar-refractivity contribution is -0.126. The van der Waals surface area contributed by atoms with Gasteiger partial charge in [0.05, 0.1) is 0 Å². The monoisotopic (exact) mass is 321 g/mol. The Morgan fingerprint density at radius 2 is 1.64 bits per heavy atom. The number of hydrogen-bond donors (Lipinski definition) is 3. The third kappa shape index (κ3) is 5.81. The Balaban J connectivity index is 2.63. The lowest BCUT2D eigenvalue weighted by Crippen LogP contribution is -2.41. The van der Waals surface area contributed by atoms with E-state index < -0.39 is 5.41 Å². The van der Waals surface area contributed by atoms with Gasteiger partial charge in [0.25, 0.3) is 5.91 Å². The molecule has 0 aliphatic heterocycles. The van der Waals surface area contributed by atoms with Crippen LogP contribution in [0.15, 0.2) is 24.3 Å². The molecule has 0 spiro atoms. The highest BCUT2D eigenvalue weighted by atomic mass is 32.1. The molecule has 0 atom stereocenters. The zero-order chi connectivity index (χ0) is 16.9. The number of hydrogen-bond acceptors (Lipinski definition) is 3. The summed E-state index contributed by atoms with van der Waals surface area (Å²) in [6, 6.07) is 6.98. The van der Waals surface area contributed by atoms with Crippen molar-refractivity contribution in [2.45, 2.75) is 40.7 Å². The molecule has 3 N–H and O–H groups in total. The number of benzene rings is 1. The Kier molecular flexibility index (Phi) is 6.05. The Morgan fingerprint density at radius 3 is 2.09 bits per heavy atom. The van der Waals surface area contributed by atoms with Crippen molar-refractivity contribution in [1.29, 1.82) is 0 Å². The van der Waals surface area contributed by atoms with Crippen LogP contribution in [0.1, 0.15) is 45.0 Å². The minimum absolute atomic E-state index is 0.0884. The molecular weight excluding hydrogens is 298 g/mol. The number of carbonyl (C=O) groups is 2. The Hall–Kier alpha value is -1.95. The summed E-state index contributed by atoms with van der Waals surface area (Å²) in [6.45, 7) is 9.25. The van der Waals surface area contributed by atoms with E-state index in [1.54, 1.807) is 24.3 Å². The summed E-state index contributed by atoms with van der Waals surface area (Å²) in [6.07, 6.45) is 0. The van der Waals surface area contributed by atoms with Gasteiger partial charge in [0.1, 0.15) is 0 Å². The summed E-state index contributed by atoms with van der Waals surface area (Å²) in [7, 11) is 0. The van der Waals surface area contributed by atoms with E-state index in [1.807, 2.05) is 34.6 Å². The first-order valence-electron chi connectivity index (χ1n) is 7.13. The Bertz CT molecular complexity index is 560. The molecule has 0 aliphatic rings. The maximum Gasteiger partial charge on any atom is 0.251 e. The van der Waals surface area contributed by atoms with Crippen molar-refractivity contribution in [1.82, 2.24) is 10.6 Å². The highest BCUT2D eigenvalue weighted by Gasteiger charge is 2.21. The van der Waals surface area contributed by atoms with Crippen LogP contribution in [0.25, 0.3) is 0 Å². The van der Waals surface area contributed by atoms with Crippen LogP contribution in [0, 0.1) is 5.41 Å². The van der Waals surface area contributed by atoms with Crippen molar-refractivity contribution in [3.63, 3.8) is 0 Å². The quantitative estimate of drug-likeness (QED) is 0.749. The standard InChI is InChI=1S/C16H23N3O2S/c1-10(2)17-13(20)11-6-8-12(9-7-11)18-15(22)19-14(21)16(3,4)5/h6-10H,1-5H3,(H,17,20)(H2,18,19,21,22). The van der Waals surface area contributed by atoms with Gasteiger partial charge >= 0.3 is 0 Å². The maximum atomic E-state index is 11.8. The van der Waals surface area contributed by atoms with E-state index in [-0.39, 0.29) is 23.0 Å². The van der Waals surface area contributed by atoms with Crippen LogP contribution < -0.4 is 16.0 Å². The minimum atomic E-state index is -0.509. The fourth-order valence-electron chi connectivity index (χ4n) is 1.50. The molecule has 120 valence electrons. The molecule has 0 aromatic heterocycles. The lowest BCUT2D eigenvalue weighted by Gasteiger charge is -2.18. The minimum Gasteiger partial charge on any atom is -0.350 e. The molecule has 1 aromatic carbocycles. The van der Waals surface area contributed by atoms with E-state index >= 15 is 0 Å². The fourth-order valence-corrected chi connectivity index (χ4v) is 1.71. The van der Waals surface area contributed by atoms with Gasteiger partial charge in [-0.15, -0.1) is 0 Å². The summed E-state index contributed by atoms with van der Waals surface area (Å²) in [5, 5.41) is 8.61. The molecule has 0 fully saturated rings. The molecule has 2 amide bonds. The highest BCUT2D eigenvalue weighted by Crippen LogP contribution is 2.13. The van der Waals surface area contributed by atoms with E-state index in [0.717, 1.165) is 0 Å². The zero-order valence-corrected chi connectivity index (χ0v) is 14.4. The van der Waals surface area contributed by atoms with E-state index in [9.17, 15) is 9.59 Å². The first-order chi connectivity index (χ1) is 10.1. The van der Waals surface area contributed by atoms with Gasteiger partial charge in [-0.25, -0.2) is 0 Å². The van der Waals surface area contributed by atoms with Crippen molar-refractivity contribution in [3.05, 3.63) is 29.8 Å². The molecule has 0 aliphatic carbocycles. The second kappa shape index (κ2) is 7.35. The zero-order valence-electron chi connectivity index (χ0n) is 13.6. The molecular formula is C16H23N3O2S. The molecule has 1 aromatic rings. The predicted molar refractivity (Wildman–Crippen MR) is 92.9 cm³/mol. The third-order valence-corrected chi connectivity index (χ3v) is 2.94. The molecule has 0 heterocycles. The van der Waals surface area contributed by atoms with Crippen LogP contribution in [0.5, 0.6) is 0 Å². The van der Waals surface area contributed by atoms with Crippen molar-refractivity contribution in [2.75, 3.05) is 5.32 Å². The van der Waals surface area contributed by atoms with Crippen LogP contribution in [0.3, 0.4) is 0 Å². The lowest BCUT2D eigenvalue weighted by atomic mass is 9.96. The number of nitrogens with one attached hydrogen (secondary N) is 3. The maximum absolute atomic E-state index is 11.8. The van der Waals surface area contributed by atoms with Crippen LogP contribution in [-0.4, -0.2) is 23.0 Å². The number of amides is 2. The summed E-state index contributed by atoms with van der Waals surface area (Å²) in [5.74, 6) is -0.275. The van der Waals surface area contributed by atoms with Gasteiger partial charge in [-0.05, 0) is 50.3 Å². The molecule has 0 saturated carbocycles.